The van der Waals surface area contributed by atoms with E-state index >= 15 is 0 Å². The number of hydrogen-bond donors (Lipinski definition) is 3. The van der Waals surface area contributed by atoms with Gasteiger partial charge in [-0.3, -0.25) is 0 Å². The monoisotopic (exact) mass is 468 g/mol. The van der Waals surface area contributed by atoms with Crippen molar-refractivity contribution in [3.05, 3.63) is 70.9 Å². The fraction of sp³-hybridized carbons (Fsp3) is 0.150. The molecule has 0 saturated heterocycles. The minimum absolute atomic E-state index is 0.487. The number of rotatable bonds is 0. The molecule has 6 bridgehead atoms. The lowest BCUT2D eigenvalue weighted by Gasteiger charge is -2.13. The Morgan fingerprint density at radius 3 is 2.13 bits per heavy atom. The number of thioether (sulfide) groups is 1. The Morgan fingerprint density at radius 1 is 1.03 bits per heavy atom. The van der Waals surface area contributed by atoms with Gasteiger partial charge in [-0.25, -0.2) is 9.78 Å². The third-order valence-corrected chi connectivity index (χ3v) is 5.25. The fourth-order valence-electron chi connectivity index (χ4n) is 2.55. The number of hydrogen-bond acceptors (Lipinski definition) is 6. The van der Waals surface area contributed by atoms with Crippen molar-refractivity contribution in [1.82, 2.24) is 9.97 Å². The van der Waals surface area contributed by atoms with E-state index in [1.807, 2.05) is 36.0 Å². The fourth-order valence-corrected chi connectivity index (χ4v) is 3.62. The minimum Gasteiger partial charge on any atom is -0.475 e. The van der Waals surface area contributed by atoms with Gasteiger partial charge in [0.2, 0.25) is 5.95 Å². The highest BCUT2D eigenvalue weighted by atomic mass is 35.5. The number of aliphatic carboxylic acids is 1. The Kier molecular flexibility index (Phi) is 7.24. The molecule has 2 aromatic carbocycles. The third kappa shape index (κ3) is 6.76. The highest BCUT2D eigenvalue weighted by Gasteiger charge is 2.38. The zero-order chi connectivity index (χ0) is 22.4. The zero-order valence-corrected chi connectivity index (χ0v) is 17.4. The molecule has 0 fully saturated rings. The lowest BCUT2D eigenvalue weighted by Crippen LogP contribution is -2.21. The SMILES string of the molecule is Clc1cnc2nc1Nc1cccc(c1)CSCc1cccc(c1)N2.O=C(O)C(F)(F)F. The van der Waals surface area contributed by atoms with E-state index in [2.05, 4.69) is 44.9 Å². The predicted octanol–water partition coefficient (Wildman–Crippen LogP) is 6.00. The predicted molar refractivity (Wildman–Crippen MR) is 115 cm³/mol. The molecule has 0 saturated carbocycles. The van der Waals surface area contributed by atoms with E-state index in [0.29, 0.717) is 16.8 Å². The van der Waals surface area contributed by atoms with Crippen LogP contribution in [0.2, 0.25) is 5.02 Å². The van der Waals surface area contributed by atoms with Gasteiger partial charge < -0.3 is 15.7 Å². The maximum Gasteiger partial charge on any atom is 0.490 e. The quantitative estimate of drug-likeness (QED) is 0.373. The van der Waals surface area contributed by atoms with Gasteiger partial charge in [-0.2, -0.15) is 29.9 Å². The molecule has 0 amide bonds. The molecule has 1 aliphatic heterocycles. The molecule has 4 rings (SSSR count). The van der Waals surface area contributed by atoms with Crippen molar-refractivity contribution in [1.29, 1.82) is 0 Å². The molecule has 31 heavy (non-hydrogen) atoms. The summed E-state index contributed by atoms with van der Waals surface area (Å²) >= 11 is 8.13. The first kappa shape index (κ1) is 22.7. The second kappa shape index (κ2) is 9.88. The Morgan fingerprint density at radius 2 is 1.58 bits per heavy atom. The van der Waals surface area contributed by atoms with Gasteiger partial charge >= 0.3 is 12.1 Å². The summed E-state index contributed by atoms with van der Waals surface area (Å²) in [6.45, 7) is 0. The number of carboxylic acids is 1. The van der Waals surface area contributed by atoms with Gasteiger partial charge in [0, 0.05) is 22.9 Å². The molecule has 3 N–H and O–H groups in total. The van der Waals surface area contributed by atoms with Gasteiger partial charge in [-0.15, -0.1) is 0 Å². The van der Waals surface area contributed by atoms with Crippen LogP contribution >= 0.6 is 23.4 Å². The number of aromatic nitrogens is 2. The van der Waals surface area contributed by atoms with Crippen molar-refractivity contribution in [3.63, 3.8) is 0 Å². The number of carboxylic acid groups (broad SMARTS) is 1. The van der Waals surface area contributed by atoms with Crippen molar-refractivity contribution in [2.24, 2.45) is 0 Å². The average Bonchev–Trinajstić information content (AvgIpc) is 2.70. The van der Waals surface area contributed by atoms with E-state index in [0.717, 1.165) is 22.9 Å². The lowest BCUT2D eigenvalue weighted by molar-refractivity contribution is -0.192. The highest BCUT2D eigenvalue weighted by molar-refractivity contribution is 7.97. The lowest BCUT2D eigenvalue weighted by atomic mass is 10.2. The van der Waals surface area contributed by atoms with Crippen LogP contribution in [0.15, 0.2) is 54.7 Å². The first-order valence-corrected chi connectivity index (χ1v) is 10.4. The van der Waals surface area contributed by atoms with Crippen LogP contribution in [0.1, 0.15) is 11.1 Å². The molecule has 1 aromatic heterocycles. The summed E-state index contributed by atoms with van der Waals surface area (Å²) < 4.78 is 31.7. The molecular weight excluding hydrogens is 453 g/mol. The van der Waals surface area contributed by atoms with Crippen LogP contribution in [0.4, 0.5) is 36.3 Å². The molecule has 3 aromatic rings. The van der Waals surface area contributed by atoms with Gasteiger partial charge in [0.15, 0.2) is 5.82 Å². The maximum absolute atomic E-state index is 10.6. The van der Waals surface area contributed by atoms with Crippen LogP contribution in [0.25, 0.3) is 0 Å². The van der Waals surface area contributed by atoms with Crippen LogP contribution in [0, 0.1) is 0 Å². The molecule has 11 heteroatoms. The second-order valence-corrected chi connectivity index (χ2v) is 7.73. The van der Waals surface area contributed by atoms with Crippen LogP contribution in [-0.4, -0.2) is 27.2 Å². The van der Waals surface area contributed by atoms with E-state index in [9.17, 15) is 13.2 Å². The van der Waals surface area contributed by atoms with Gasteiger partial charge in [0.05, 0.1) is 6.20 Å². The minimum atomic E-state index is -5.08. The number of benzene rings is 2. The first-order valence-electron chi connectivity index (χ1n) is 8.83. The summed E-state index contributed by atoms with van der Waals surface area (Å²) in [6.07, 6.45) is -3.48. The topological polar surface area (TPSA) is 87.1 Å². The summed E-state index contributed by atoms with van der Waals surface area (Å²) in [7, 11) is 0. The van der Waals surface area contributed by atoms with Gasteiger partial charge in [-0.05, 0) is 35.4 Å². The first-order chi connectivity index (χ1) is 14.7. The molecular formula is C20H16ClF3N4O2S. The number of fused-ring (bicyclic) bond motifs is 6. The van der Waals surface area contributed by atoms with Crippen LogP contribution in [-0.2, 0) is 16.3 Å². The maximum atomic E-state index is 10.6. The van der Waals surface area contributed by atoms with E-state index in [-0.39, 0.29) is 0 Å². The number of halogens is 4. The van der Waals surface area contributed by atoms with Crippen LogP contribution in [0.5, 0.6) is 0 Å². The van der Waals surface area contributed by atoms with E-state index in [1.165, 1.54) is 11.1 Å². The van der Waals surface area contributed by atoms with Gasteiger partial charge in [-0.1, -0.05) is 35.9 Å². The van der Waals surface area contributed by atoms with Crippen molar-refractivity contribution < 1.29 is 23.1 Å². The number of carbonyl (C=O) groups is 1. The Balaban J connectivity index is 0.000000339. The second-order valence-electron chi connectivity index (χ2n) is 6.34. The standard InChI is InChI=1S/C18H15ClN4S.C2HF3O2/c19-16-9-20-18-22-15-6-2-4-13(8-15)11-24-10-12-3-1-5-14(7-12)21-17(16)23-18;3-2(4,5)1(6)7/h1-9H,10-11H2,(H2,20,21,22,23);(H,6,7). The van der Waals surface area contributed by atoms with Gasteiger partial charge in [0.25, 0.3) is 0 Å². The Labute approximate surface area is 184 Å². The summed E-state index contributed by atoms with van der Waals surface area (Å²) in [4.78, 5) is 17.7. The summed E-state index contributed by atoms with van der Waals surface area (Å²) in [5.74, 6) is 0.259. The normalized spacial score (nSPS) is 12.9. The average molecular weight is 469 g/mol. The smallest absolute Gasteiger partial charge is 0.475 e. The third-order valence-electron chi connectivity index (χ3n) is 3.90. The number of alkyl halides is 3. The molecule has 162 valence electrons. The van der Waals surface area contributed by atoms with E-state index in [4.69, 9.17) is 21.5 Å². The van der Waals surface area contributed by atoms with Crippen molar-refractivity contribution in [2.45, 2.75) is 17.7 Å². The van der Waals surface area contributed by atoms with Crippen LogP contribution in [0.3, 0.4) is 0 Å². The molecule has 0 unspecified atom stereocenters. The Hall–Kier alpha value is -2.98. The largest absolute Gasteiger partial charge is 0.490 e. The van der Waals surface area contributed by atoms with E-state index in [1.54, 1.807) is 6.20 Å². The van der Waals surface area contributed by atoms with Gasteiger partial charge in [0.1, 0.15) is 5.02 Å². The zero-order valence-electron chi connectivity index (χ0n) is 15.8. The summed E-state index contributed by atoms with van der Waals surface area (Å²) in [6, 6.07) is 16.6. The molecule has 0 aliphatic carbocycles. The summed E-state index contributed by atoms with van der Waals surface area (Å²) in [5, 5.41) is 14.1. The van der Waals surface area contributed by atoms with Crippen molar-refractivity contribution in [2.75, 3.05) is 10.6 Å². The number of nitrogens with zero attached hydrogens (tertiary/aromatic N) is 2. The Bertz CT molecular complexity index is 1080. The van der Waals surface area contributed by atoms with Crippen molar-refractivity contribution in [3.8, 4) is 0 Å². The van der Waals surface area contributed by atoms with Crippen LogP contribution < -0.4 is 10.6 Å². The molecule has 0 atom stereocenters. The number of nitrogens with one attached hydrogen (secondary N) is 2. The molecule has 6 nitrogen and oxygen atoms in total. The molecule has 0 spiro atoms. The van der Waals surface area contributed by atoms with E-state index < -0.39 is 12.1 Å². The molecule has 1 aliphatic rings. The summed E-state index contributed by atoms with van der Waals surface area (Å²) in [5.41, 5.74) is 4.47. The molecule has 0 radical (unpaired) electrons. The highest BCUT2D eigenvalue weighted by Crippen LogP contribution is 2.28. The number of anilines is 4. The molecule has 2 heterocycles. The van der Waals surface area contributed by atoms with Crippen molar-refractivity contribution >= 4 is 52.5 Å².